The molecule has 0 spiro atoms. The van der Waals surface area contributed by atoms with Crippen molar-refractivity contribution >= 4 is 23.2 Å². The Kier molecular flexibility index (Phi) is 7.09. The predicted octanol–water partition coefficient (Wildman–Crippen LogP) is 3.46. The van der Waals surface area contributed by atoms with E-state index in [4.69, 9.17) is 10.5 Å². The van der Waals surface area contributed by atoms with E-state index >= 15 is 0 Å². The molecule has 9 nitrogen and oxygen atoms in total. The number of para-hydroxylation sites is 2. The third kappa shape index (κ3) is 5.31. The van der Waals surface area contributed by atoms with Gasteiger partial charge in [0, 0.05) is 32.1 Å². The number of rotatable bonds is 8. The fraction of sp³-hybridized carbons (Fsp3) is 0.444. The summed E-state index contributed by atoms with van der Waals surface area (Å²) in [5, 5.41) is 2.98. The quantitative estimate of drug-likeness (QED) is 0.501. The molecular weight excluding hydrogens is 458 g/mol. The zero-order valence-corrected chi connectivity index (χ0v) is 20.3. The van der Waals surface area contributed by atoms with Crippen molar-refractivity contribution in [3.63, 3.8) is 0 Å². The number of imidazole rings is 1. The lowest BCUT2D eigenvalue weighted by Crippen LogP contribution is -2.47. The zero-order valence-electron chi connectivity index (χ0n) is 20.3. The Morgan fingerprint density at radius 1 is 0.972 bits per heavy atom. The summed E-state index contributed by atoms with van der Waals surface area (Å²) < 4.78 is 8.46. The van der Waals surface area contributed by atoms with Crippen LogP contribution >= 0.6 is 0 Å². The molecule has 190 valence electrons. The molecule has 1 atom stereocenters. The molecule has 2 aliphatic rings. The van der Waals surface area contributed by atoms with E-state index in [9.17, 15) is 14.4 Å². The van der Waals surface area contributed by atoms with Gasteiger partial charge in [-0.2, -0.15) is 0 Å². The Morgan fingerprint density at radius 3 is 2.31 bits per heavy atom. The second kappa shape index (κ2) is 10.6. The van der Waals surface area contributed by atoms with E-state index in [1.807, 2.05) is 42.5 Å². The number of aromatic nitrogens is 2. The van der Waals surface area contributed by atoms with Crippen molar-refractivity contribution in [1.82, 2.24) is 19.4 Å². The van der Waals surface area contributed by atoms with E-state index < -0.39 is 6.09 Å². The molecule has 3 aromatic rings. The number of primary amides is 1. The normalized spacial score (nSPS) is 17.7. The Balaban J connectivity index is 1.17. The van der Waals surface area contributed by atoms with Gasteiger partial charge in [-0.15, -0.1) is 0 Å². The highest BCUT2D eigenvalue weighted by Gasteiger charge is 2.31. The molecule has 2 aromatic carbocycles. The molecule has 1 aliphatic heterocycles. The van der Waals surface area contributed by atoms with Gasteiger partial charge in [0.05, 0.1) is 11.0 Å². The standard InChI is InChI=1S/C27H33N5O4/c28-25(33)36-24(13-10-19-6-2-1-3-7-19)30-16-14-20(15-17-30)18-29-26(34)32-23-9-5-4-8-22(23)31(27(32)35)21-11-12-21/h1-9,20-21,24H,10-18H2,(H2,28,33)(H,29,34). The van der Waals surface area contributed by atoms with Crippen LogP contribution in [0.4, 0.5) is 9.59 Å². The van der Waals surface area contributed by atoms with Gasteiger partial charge in [0.15, 0.2) is 6.23 Å². The van der Waals surface area contributed by atoms with Crippen LogP contribution in [0.2, 0.25) is 0 Å². The summed E-state index contributed by atoms with van der Waals surface area (Å²) in [6, 6.07) is 17.4. The summed E-state index contributed by atoms with van der Waals surface area (Å²) in [4.78, 5) is 39.7. The number of carbonyl (C=O) groups excluding carboxylic acids is 2. The highest BCUT2D eigenvalue weighted by molar-refractivity contribution is 5.89. The van der Waals surface area contributed by atoms with Gasteiger partial charge in [-0.25, -0.2) is 19.0 Å². The number of benzene rings is 2. The average Bonchev–Trinajstić information content (AvgIpc) is 3.68. The number of nitrogens with two attached hydrogens (primary N) is 1. The highest BCUT2D eigenvalue weighted by Crippen LogP contribution is 2.36. The Hall–Kier alpha value is -3.59. The smallest absolute Gasteiger partial charge is 0.406 e. The van der Waals surface area contributed by atoms with Crippen molar-refractivity contribution in [2.45, 2.75) is 50.8 Å². The van der Waals surface area contributed by atoms with Gasteiger partial charge in [0.1, 0.15) is 0 Å². The Bertz CT molecular complexity index is 1270. The lowest BCUT2D eigenvalue weighted by atomic mass is 9.96. The molecule has 3 N–H and O–H groups in total. The fourth-order valence-electron chi connectivity index (χ4n) is 5.19. The van der Waals surface area contributed by atoms with Crippen LogP contribution in [0.25, 0.3) is 11.0 Å². The number of nitrogens with zero attached hydrogens (tertiary/aromatic N) is 3. The summed E-state index contributed by atoms with van der Waals surface area (Å²) in [5.41, 5.74) is 7.72. The summed E-state index contributed by atoms with van der Waals surface area (Å²) >= 11 is 0. The van der Waals surface area contributed by atoms with E-state index in [1.54, 1.807) is 4.57 Å². The number of piperidine rings is 1. The molecular formula is C27H33N5O4. The topological polar surface area (TPSA) is 112 Å². The van der Waals surface area contributed by atoms with Gasteiger partial charge in [0.2, 0.25) is 0 Å². The number of hydrogen-bond donors (Lipinski definition) is 2. The van der Waals surface area contributed by atoms with Gasteiger partial charge in [-0.05, 0) is 55.7 Å². The van der Waals surface area contributed by atoms with E-state index in [0.29, 0.717) is 18.5 Å². The number of fused-ring (bicyclic) bond motifs is 1. The van der Waals surface area contributed by atoms with Crippen LogP contribution in [0, 0.1) is 5.92 Å². The first-order chi connectivity index (χ1) is 17.5. The van der Waals surface area contributed by atoms with Crippen molar-refractivity contribution in [3.8, 4) is 0 Å². The van der Waals surface area contributed by atoms with Crippen molar-refractivity contribution in [2.24, 2.45) is 11.7 Å². The SMILES string of the molecule is NC(=O)OC(CCc1ccccc1)N1CCC(CNC(=O)n2c(=O)n(C3CC3)c3ccccc32)CC1. The lowest BCUT2D eigenvalue weighted by Gasteiger charge is -2.36. The van der Waals surface area contributed by atoms with Crippen molar-refractivity contribution in [3.05, 3.63) is 70.6 Å². The molecule has 1 aliphatic carbocycles. The molecule has 0 bridgehead atoms. The Morgan fingerprint density at radius 2 is 1.64 bits per heavy atom. The van der Waals surface area contributed by atoms with Crippen LogP contribution in [-0.2, 0) is 11.2 Å². The van der Waals surface area contributed by atoms with Crippen LogP contribution < -0.4 is 16.7 Å². The number of hydrogen-bond acceptors (Lipinski definition) is 5. The minimum absolute atomic E-state index is 0.193. The van der Waals surface area contributed by atoms with Crippen molar-refractivity contribution in [2.75, 3.05) is 19.6 Å². The number of ether oxygens (including phenoxy) is 1. The molecule has 0 radical (unpaired) electrons. The highest BCUT2D eigenvalue weighted by atomic mass is 16.6. The molecule has 9 heteroatoms. The van der Waals surface area contributed by atoms with Gasteiger partial charge >= 0.3 is 17.8 Å². The molecule has 2 fully saturated rings. The number of carbonyl (C=O) groups is 2. The second-order valence-corrected chi connectivity index (χ2v) is 9.79. The summed E-state index contributed by atoms with van der Waals surface area (Å²) in [6.45, 7) is 1.98. The molecule has 1 saturated heterocycles. The van der Waals surface area contributed by atoms with Gasteiger partial charge in [0.25, 0.3) is 0 Å². The third-order valence-electron chi connectivity index (χ3n) is 7.27. The van der Waals surface area contributed by atoms with Gasteiger partial charge in [-0.3, -0.25) is 9.47 Å². The van der Waals surface area contributed by atoms with Crippen molar-refractivity contribution < 1.29 is 14.3 Å². The predicted molar refractivity (Wildman–Crippen MR) is 137 cm³/mol. The molecule has 5 rings (SSSR count). The number of amides is 2. The molecule has 1 aromatic heterocycles. The average molecular weight is 492 g/mol. The monoisotopic (exact) mass is 491 g/mol. The number of likely N-dealkylation sites (tertiary alicyclic amines) is 1. The van der Waals surface area contributed by atoms with E-state index in [1.165, 1.54) is 10.1 Å². The Labute approximate surface area is 209 Å². The first-order valence-corrected chi connectivity index (χ1v) is 12.8. The molecule has 2 heterocycles. The minimum atomic E-state index is -0.766. The van der Waals surface area contributed by atoms with E-state index in [-0.39, 0.29) is 29.9 Å². The molecule has 1 saturated carbocycles. The van der Waals surface area contributed by atoms with Crippen LogP contribution in [0.3, 0.4) is 0 Å². The van der Waals surface area contributed by atoms with Crippen LogP contribution in [-0.4, -0.2) is 52.0 Å². The summed E-state index contributed by atoms with van der Waals surface area (Å²) in [5.74, 6) is 0.279. The molecule has 36 heavy (non-hydrogen) atoms. The maximum absolute atomic E-state index is 13.0. The molecule has 1 unspecified atom stereocenters. The van der Waals surface area contributed by atoms with E-state index in [0.717, 1.165) is 50.7 Å². The van der Waals surface area contributed by atoms with Gasteiger partial charge < -0.3 is 15.8 Å². The van der Waals surface area contributed by atoms with Crippen molar-refractivity contribution in [1.29, 1.82) is 0 Å². The summed E-state index contributed by atoms with van der Waals surface area (Å²) in [7, 11) is 0. The van der Waals surface area contributed by atoms with E-state index in [2.05, 4.69) is 22.3 Å². The zero-order chi connectivity index (χ0) is 25.1. The largest absolute Gasteiger partial charge is 0.430 e. The second-order valence-electron chi connectivity index (χ2n) is 9.79. The number of aryl methyl sites for hydroxylation is 1. The molecule has 2 amide bonds. The third-order valence-corrected chi connectivity index (χ3v) is 7.27. The van der Waals surface area contributed by atoms with Gasteiger partial charge in [-0.1, -0.05) is 42.5 Å². The maximum Gasteiger partial charge on any atom is 0.406 e. The first-order valence-electron chi connectivity index (χ1n) is 12.8. The minimum Gasteiger partial charge on any atom is -0.430 e. The first kappa shape index (κ1) is 24.1. The maximum atomic E-state index is 13.0. The van der Waals surface area contributed by atoms with Crippen LogP contribution in [0.15, 0.2) is 59.4 Å². The summed E-state index contributed by atoms with van der Waals surface area (Å²) in [6.07, 6.45) is 3.97. The van der Waals surface area contributed by atoms with Crippen LogP contribution in [0.1, 0.15) is 43.7 Å². The lowest BCUT2D eigenvalue weighted by molar-refractivity contribution is -0.0306. The number of nitrogens with one attached hydrogen (secondary N) is 1. The fourth-order valence-corrected chi connectivity index (χ4v) is 5.19. The van der Waals surface area contributed by atoms with Crippen LogP contribution in [0.5, 0.6) is 0 Å².